The summed E-state index contributed by atoms with van der Waals surface area (Å²) in [6.07, 6.45) is 16.2. The highest BCUT2D eigenvalue weighted by Crippen LogP contribution is 2.41. The Morgan fingerprint density at radius 1 is 0.491 bits per heavy atom. The van der Waals surface area contributed by atoms with Crippen molar-refractivity contribution in [3.05, 3.63) is 138 Å². The van der Waals surface area contributed by atoms with E-state index in [0.29, 0.717) is 88.6 Å². The van der Waals surface area contributed by atoms with Crippen molar-refractivity contribution in [2.24, 2.45) is 11.8 Å². The SMILES string of the molecule is C.C.CCOC(=O)CC1CCC(c2cc(N(COCC[Si](C)(C)C)COCC[Si](C)(C)C)n3ncc(-c4ccc(-c5ccccc5)nc4)c3n2)CC1.CCOC(=O)CC1CCC(c2cc(N(COCC[Si](C)(C)C)COCC[Si](C)(C)C)n3ncc(-c4ccc(Cl)nc4)c3n2)CC1.OB(O)c1ccccc1. The molecule has 2 fully saturated rings. The van der Waals surface area contributed by atoms with Gasteiger partial charge < -0.3 is 48.3 Å². The third-order valence-electron chi connectivity index (χ3n) is 18.9. The Labute approximate surface area is 642 Å². The van der Waals surface area contributed by atoms with Gasteiger partial charge in [0.1, 0.15) is 43.7 Å². The number of carbonyl (C=O) groups excluding carboxylic acids is 2. The van der Waals surface area contributed by atoms with Gasteiger partial charge in [0.25, 0.3) is 0 Å². The van der Waals surface area contributed by atoms with Crippen LogP contribution in [0.15, 0.2) is 122 Å². The second-order valence-electron chi connectivity index (χ2n) is 32.5. The van der Waals surface area contributed by atoms with E-state index in [2.05, 4.69) is 130 Å². The molecule has 2 aliphatic rings. The van der Waals surface area contributed by atoms with Gasteiger partial charge in [-0.3, -0.25) is 14.6 Å². The zero-order valence-electron chi connectivity index (χ0n) is 64.4. The molecule has 2 aliphatic carbocycles. The average molecular weight is 1540 g/mol. The number of pyridine rings is 2. The summed E-state index contributed by atoms with van der Waals surface area (Å²) in [5, 5.41) is 27.3. The fourth-order valence-corrected chi connectivity index (χ4v) is 15.6. The maximum atomic E-state index is 12.2. The van der Waals surface area contributed by atoms with Crippen molar-refractivity contribution in [2.75, 3.05) is 76.4 Å². The van der Waals surface area contributed by atoms with Gasteiger partial charge in [-0.2, -0.15) is 19.2 Å². The van der Waals surface area contributed by atoms with Crippen LogP contribution in [0.5, 0.6) is 0 Å². The van der Waals surface area contributed by atoms with Crippen LogP contribution in [0.25, 0.3) is 44.8 Å². The quantitative estimate of drug-likeness (QED) is 0.0126. The molecule has 0 bridgehead atoms. The molecule has 0 aliphatic heterocycles. The van der Waals surface area contributed by atoms with Crippen LogP contribution in [0.2, 0.25) is 108 Å². The summed E-state index contributed by atoms with van der Waals surface area (Å²) >= 11 is 6.12. The van der Waals surface area contributed by atoms with Gasteiger partial charge in [-0.05, 0) is 125 Å². The van der Waals surface area contributed by atoms with Gasteiger partial charge in [-0.1, -0.05) is 172 Å². The van der Waals surface area contributed by atoms with Crippen LogP contribution < -0.4 is 15.3 Å². The van der Waals surface area contributed by atoms with Crippen molar-refractivity contribution in [2.45, 2.75) is 207 Å². The van der Waals surface area contributed by atoms with E-state index in [1.165, 1.54) is 0 Å². The van der Waals surface area contributed by atoms with Crippen LogP contribution in [0, 0.1) is 11.8 Å². The molecule has 2 N–H and O–H groups in total. The van der Waals surface area contributed by atoms with Crippen LogP contribution in [0.3, 0.4) is 0 Å². The Bertz CT molecular complexity index is 3850. The highest BCUT2D eigenvalue weighted by Gasteiger charge is 2.31. The lowest BCUT2D eigenvalue weighted by Gasteiger charge is -2.30. The number of carbonyl (C=O) groups is 2. The first kappa shape index (κ1) is 88.4. The first-order valence-corrected chi connectivity index (χ1v) is 52.7. The van der Waals surface area contributed by atoms with Gasteiger partial charge in [0.15, 0.2) is 11.3 Å². The minimum absolute atomic E-state index is 0. The molecule has 8 aromatic rings. The molecule has 26 heteroatoms. The lowest BCUT2D eigenvalue weighted by atomic mass is 9.79. The van der Waals surface area contributed by atoms with E-state index in [1.807, 2.05) is 71.8 Å². The van der Waals surface area contributed by atoms with Crippen molar-refractivity contribution in [1.29, 1.82) is 0 Å². The number of hydrogen-bond acceptors (Lipinski definition) is 18. The second kappa shape index (κ2) is 42.5. The van der Waals surface area contributed by atoms with Crippen LogP contribution in [0.4, 0.5) is 11.6 Å². The molecular weight excluding hydrogens is 1420 g/mol. The Balaban J connectivity index is 0.000000292. The fourth-order valence-electron chi connectivity index (χ4n) is 12.5. The number of anilines is 2. The maximum Gasteiger partial charge on any atom is 0.488 e. The van der Waals surface area contributed by atoms with Gasteiger partial charge in [0.05, 0.1) is 31.3 Å². The molecule has 6 aromatic heterocycles. The number of benzene rings is 2. The van der Waals surface area contributed by atoms with E-state index in [1.54, 1.807) is 36.5 Å². The number of halogens is 1. The predicted molar refractivity (Wildman–Crippen MR) is 445 cm³/mol. The molecule has 0 amide bonds. The molecule has 10 rings (SSSR count). The van der Waals surface area contributed by atoms with Crippen LogP contribution in [-0.4, -0.2) is 167 Å². The standard InChI is InChI=1S/C39H57N5O4Si2.C33H52ClN5O4Si2.C6H7BO2.2CH4/c1-8-48-38(45)24-30-14-16-32(17-15-30)36-25-37(43(28-46-20-22-49(2,3)4)29-47-21-23-50(5,6)7)44-39(42-36)34(27-41-44)33-18-19-35(40-26-33)31-12-10-9-11-13-31;1-8-43-32(40)19-25-9-11-26(12-10-25)29-20-31(39-33(37-29)28(22-36-39)27-13-14-30(34)35-21-27)38(23-41-15-17-44(2,3)4)24-42-16-18-45(5,6)7;8-7(9)6-4-2-1-3-5-6;;/h9-13,18-19,25-27,30,32H,8,14-17,20-24,28-29H2,1-7H3;13-14,20-22,25-26H,8-12,15-19,23-24H2,1-7H3;1-5,8-9H;2*1H4. The number of rotatable bonds is 34. The summed E-state index contributed by atoms with van der Waals surface area (Å²) in [6, 6.07) is 35.6. The average Bonchev–Trinajstić information content (AvgIpc) is 1.56. The van der Waals surface area contributed by atoms with E-state index >= 15 is 0 Å². The molecule has 6 heterocycles. The van der Waals surface area contributed by atoms with Gasteiger partial charge >= 0.3 is 19.1 Å². The lowest BCUT2D eigenvalue weighted by molar-refractivity contribution is -0.145. The fraction of sp³-hybridized carbons (Fsp3) is 0.550. The minimum atomic E-state index is -1.34. The lowest BCUT2D eigenvalue weighted by Crippen LogP contribution is -2.33. The summed E-state index contributed by atoms with van der Waals surface area (Å²) in [4.78, 5) is 48.4. The topological polar surface area (TPSA) is 223 Å². The van der Waals surface area contributed by atoms with Crippen molar-refractivity contribution >= 4 is 91.3 Å². The Morgan fingerprint density at radius 2 is 0.858 bits per heavy atom. The zero-order valence-corrected chi connectivity index (χ0v) is 69.2. The maximum absolute atomic E-state index is 12.2. The van der Waals surface area contributed by atoms with E-state index in [9.17, 15) is 9.59 Å². The van der Waals surface area contributed by atoms with Crippen molar-refractivity contribution < 1.29 is 48.1 Å². The number of esters is 2. The molecular formula is C80H124BClN10O10Si4. The molecule has 0 radical (unpaired) electrons. The molecule has 0 unspecified atom stereocenters. The van der Waals surface area contributed by atoms with Crippen molar-refractivity contribution in [3.8, 4) is 33.5 Å². The summed E-state index contributed by atoms with van der Waals surface area (Å²) < 4.78 is 39.6. The summed E-state index contributed by atoms with van der Waals surface area (Å²) in [5.41, 5.74) is 9.91. The van der Waals surface area contributed by atoms with E-state index in [-0.39, 0.29) is 38.6 Å². The summed E-state index contributed by atoms with van der Waals surface area (Å²) in [6.45, 7) is 37.5. The molecule has 580 valence electrons. The highest BCUT2D eigenvalue weighted by molar-refractivity contribution is 6.77. The molecule has 2 saturated carbocycles. The molecule has 20 nitrogen and oxygen atoms in total. The smallest absolute Gasteiger partial charge is 0.466 e. The number of nitrogens with zero attached hydrogens (tertiary/aromatic N) is 10. The van der Waals surface area contributed by atoms with Crippen molar-refractivity contribution in [1.82, 2.24) is 39.2 Å². The highest BCUT2D eigenvalue weighted by atomic mass is 35.5. The van der Waals surface area contributed by atoms with E-state index < -0.39 is 39.4 Å². The number of ether oxygens (including phenoxy) is 6. The van der Waals surface area contributed by atoms with E-state index in [0.717, 1.165) is 157 Å². The first-order valence-electron chi connectivity index (χ1n) is 37.5. The molecule has 0 spiro atoms. The third kappa shape index (κ3) is 28.8. The summed E-state index contributed by atoms with van der Waals surface area (Å²) in [7, 11) is -6.31. The van der Waals surface area contributed by atoms with E-state index in [4.69, 9.17) is 75.2 Å². The van der Waals surface area contributed by atoms with Gasteiger partial charge in [0.2, 0.25) is 0 Å². The first-order chi connectivity index (χ1) is 49.5. The van der Waals surface area contributed by atoms with Gasteiger partial charge in [-0.25, -0.2) is 15.0 Å². The van der Waals surface area contributed by atoms with Crippen molar-refractivity contribution in [3.63, 3.8) is 0 Å². The van der Waals surface area contributed by atoms with Crippen LogP contribution in [0.1, 0.15) is 116 Å². The summed E-state index contributed by atoms with van der Waals surface area (Å²) in [5.74, 6) is 2.89. The normalized spacial score (nSPS) is 16.2. The molecule has 0 atom stereocenters. The van der Waals surface area contributed by atoms with Gasteiger partial charge in [0, 0.05) is 147 Å². The second-order valence-corrected chi connectivity index (χ2v) is 55.4. The van der Waals surface area contributed by atoms with Crippen LogP contribution >= 0.6 is 11.6 Å². The number of aromatic nitrogens is 8. The molecule has 0 saturated heterocycles. The minimum Gasteiger partial charge on any atom is -0.466 e. The largest absolute Gasteiger partial charge is 0.488 e. The number of hydrogen-bond donors (Lipinski definition) is 2. The van der Waals surface area contributed by atoms with Gasteiger partial charge in [-0.15, -0.1) is 0 Å². The zero-order chi connectivity index (χ0) is 75.0. The Morgan fingerprint density at radius 3 is 1.18 bits per heavy atom. The Hall–Kier alpha value is -6.50. The molecule has 106 heavy (non-hydrogen) atoms. The van der Waals surface area contributed by atoms with Crippen LogP contribution in [-0.2, 0) is 38.0 Å². The third-order valence-corrected chi connectivity index (χ3v) is 25.9. The number of fused-ring (bicyclic) bond motifs is 2. The predicted octanol–water partition coefficient (Wildman–Crippen LogP) is 17.9. The monoisotopic (exact) mass is 1540 g/mol. The molecule has 2 aromatic carbocycles. The Kier molecular flexibility index (Phi) is 35.4.